The van der Waals surface area contributed by atoms with Crippen molar-refractivity contribution in [1.29, 1.82) is 5.26 Å². The number of aromatic nitrogens is 3. The summed E-state index contributed by atoms with van der Waals surface area (Å²) >= 11 is 0. The fourth-order valence-electron chi connectivity index (χ4n) is 5.12. The first-order chi connectivity index (χ1) is 15.2. The molecular formula is C24H22N6O. The number of benzene rings is 2. The van der Waals surface area contributed by atoms with E-state index in [1.54, 1.807) is 12.1 Å². The van der Waals surface area contributed by atoms with Gasteiger partial charge in [0.05, 0.1) is 33.9 Å². The summed E-state index contributed by atoms with van der Waals surface area (Å²) in [5.74, 6) is 1.12. The zero-order valence-corrected chi connectivity index (χ0v) is 17.0. The molecule has 3 N–H and O–H groups in total. The van der Waals surface area contributed by atoms with E-state index < -0.39 is 0 Å². The number of nitriles is 1. The Morgan fingerprint density at radius 1 is 1.10 bits per heavy atom. The molecule has 3 saturated heterocycles. The van der Waals surface area contributed by atoms with Crippen LogP contribution in [0.2, 0.25) is 0 Å². The van der Waals surface area contributed by atoms with Gasteiger partial charge in [0, 0.05) is 18.0 Å². The van der Waals surface area contributed by atoms with E-state index in [1.807, 2.05) is 30.3 Å². The van der Waals surface area contributed by atoms with Crippen LogP contribution < -0.4 is 10.9 Å². The normalized spacial score (nSPS) is 22.6. The third kappa shape index (κ3) is 2.99. The molecule has 31 heavy (non-hydrogen) atoms. The van der Waals surface area contributed by atoms with Gasteiger partial charge in [-0.25, -0.2) is 4.98 Å². The molecule has 0 radical (unpaired) electrons. The minimum absolute atomic E-state index is 0.194. The summed E-state index contributed by atoms with van der Waals surface area (Å²) in [4.78, 5) is 26.7. The summed E-state index contributed by atoms with van der Waals surface area (Å²) in [6, 6.07) is 15.6. The van der Waals surface area contributed by atoms with E-state index in [2.05, 4.69) is 26.3 Å². The van der Waals surface area contributed by atoms with Crippen molar-refractivity contribution in [1.82, 2.24) is 19.9 Å². The Hall–Kier alpha value is -3.63. The summed E-state index contributed by atoms with van der Waals surface area (Å²) < 4.78 is 0. The van der Waals surface area contributed by atoms with Crippen molar-refractivity contribution in [3.05, 3.63) is 58.4 Å². The van der Waals surface area contributed by atoms with Crippen molar-refractivity contribution in [2.75, 3.05) is 25.0 Å². The SMILES string of the molecule is N#Cc1ccc2[nH]c(=O)c(-c3nc4ccccc4[nH]3)c(N[C@@H]3CN4CCC3CC4)c2c1. The van der Waals surface area contributed by atoms with Crippen LogP contribution in [-0.4, -0.2) is 45.5 Å². The maximum Gasteiger partial charge on any atom is 0.261 e. The van der Waals surface area contributed by atoms with Crippen molar-refractivity contribution >= 4 is 27.6 Å². The van der Waals surface area contributed by atoms with Gasteiger partial charge in [-0.1, -0.05) is 12.1 Å². The van der Waals surface area contributed by atoms with E-state index >= 15 is 0 Å². The molecule has 3 aliphatic heterocycles. The second-order valence-electron chi connectivity index (χ2n) is 8.57. The Morgan fingerprint density at radius 3 is 2.68 bits per heavy atom. The first kappa shape index (κ1) is 18.2. The van der Waals surface area contributed by atoms with Gasteiger partial charge in [0.15, 0.2) is 0 Å². The van der Waals surface area contributed by atoms with Crippen molar-refractivity contribution in [3.63, 3.8) is 0 Å². The Morgan fingerprint density at radius 2 is 1.94 bits per heavy atom. The summed E-state index contributed by atoms with van der Waals surface area (Å²) in [6.45, 7) is 3.26. The monoisotopic (exact) mass is 410 g/mol. The first-order valence-corrected chi connectivity index (χ1v) is 10.7. The molecule has 7 nitrogen and oxygen atoms in total. The molecule has 2 bridgehead atoms. The van der Waals surface area contributed by atoms with E-state index in [4.69, 9.17) is 4.98 Å². The van der Waals surface area contributed by atoms with Crippen LogP contribution in [0.25, 0.3) is 33.3 Å². The van der Waals surface area contributed by atoms with Crippen LogP contribution in [0.1, 0.15) is 18.4 Å². The number of imidazole rings is 1. The quantitative estimate of drug-likeness (QED) is 0.480. The molecular weight excluding hydrogens is 388 g/mol. The lowest BCUT2D eigenvalue weighted by Crippen LogP contribution is -2.53. The van der Waals surface area contributed by atoms with Crippen LogP contribution >= 0.6 is 0 Å². The number of nitrogens with one attached hydrogen (secondary N) is 3. The van der Waals surface area contributed by atoms with E-state index in [-0.39, 0.29) is 11.6 Å². The smallest absolute Gasteiger partial charge is 0.261 e. The lowest BCUT2D eigenvalue weighted by Gasteiger charge is -2.45. The molecule has 3 fully saturated rings. The number of piperidine rings is 3. The predicted molar refractivity (Wildman–Crippen MR) is 121 cm³/mol. The second kappa shape index (κ2) is 6.96. The average Bonchev–Trinajstić information content (AvgIpc) is 3.23. The molecule has 0 unspecified atom stereocenters. The molecule has 5 heterocycles. The van der Waals surface area contributed by atoms with Crippen LogP contribution in [-0.2, 0) is 0 Å². The van der Waals surface area contributed by atoms with Gasteiger partial charge in [-0.05, 0) is 62.2 Å². The number of hydrogen-bond donors (Lipinski definition) is 3. The lowest BCUT2D eigenvalue weighted by molar-refractivity contribution is 0.0976. The number of aromatic amines is 2. The topological polar surface area (TPSA) is 101 Å². The zero-order chi connectivity index (χ0) is 20.9. The number of H-pyrrole nitrogens is 2. The van der Waals surface area contributed by atoms with Gasteiger partial charge < -0.3 is 20.2 Å². The van der Waals surface area contributed by atoms with E-state index in [0.717, 1.165) is 41.7 Å². The van der Waals surface area contributed by atoms with Crippen molar-refractivity contribution in [2.24, 2.45) is 5.92 Å². The van der Waals surface area contributed by atoms with Crippen molar-refractivity contribution < 1.29 is 0 Å². The zero-order valence-electron chi connectivity index (χ0n) is 17.0. The fourth-order valence-corrected chi connectivity index (χ4v) is 5.12. The maximum absolute atomic E-state index is 13.3. The molecule has 7 rings (SSSR count). The minimum Gasteiger partial charge on any atom is -0.379 e. The standard InChI is InChI=1S/C24H22N6O/c25-12-14-5-6-17-16(11-14)22(26-20-13-30-9-7-15(20)8-10-30)21(24(31)29-17)23-27-18-3-1-2-4-19(18)28-23/h1-6,11,15,20H,7-10,13H2,(H,27,28)(H2,26,29,31)/t20-/m1/s1. The van der Waals surface area contributed by atoms with Crippen molar-refractivity contribution in [3.8, 4) is 17.5 Å². The third-order valence-corrected chi connectivity index (χ3v) is 6.76. The van der Waals surface area contributed by atoms with Gasteiger partial charge in [-0.3, -0.25) is 4.79 Å². The number of anilines is 1. The van der Waals surface area contributed by atoms with Crippen LogP contribution in [0.4, 0.5) is 5.69 Å². The highest BCUT2D eigenvalue weighted by Crippen LogP contribution is 2.35. The average molecular weight is 410 g/mol. The van der Waals surface area contributed by atoms with Gasteiger partial charge in [-0.15, -0.1) is 0 Å². The predicted octanol–water partition coefficient (Wildman–Crippen LogP) is 3.45. The van der Waals surface area contributed by atoms with E-state index in [0.29, 0.717) is 28.4 Å². The molecule has 7 heteroatoms. The summed E-state index contributed by atoms with van der Waals surface area (Å²) in [5.41, 5.74) is 4.04. The molecule has 1 atom stereocenters. The lowest BCUT2D eigenvalue weighted by atomic mass is 9.83. The maximum atomic E-state index is 13.3. The third-order valence-electron chi connectivity index (χ3n) is 6.76. The van der Waals surface area contributed by atoms with Crippen LogP contribution in [0.15, 0.2) is 47.3 Å². The van der Waals surface area contributed by atoms with Gasteiger partial charge in [-0.2, -0.15) is 5.26 Å². The number of pyridine rings is 1. The van der Waals surface area contributed by atoms with Crippen molar-refractivity contribution in [2.45, 2.75) is 18.9 Å². The number of nitrogens with zero attached hydrogens (tertiary/aromatic N) is 3. The van der Waals surface area contributed by atoms with Gasteiger partial charge in [0.2, 0.25) is 0 Å². The Kier molecular flexibility index (Phi) is 4.08. The Labute approximate surface area is 178 Å². The summed E-state index contributed by atoms with van der Waals surface area (Å²) in [6.07, 6.45) is 2.34. The molecule has 2 aromatic heterocycles. The highest BCUT2D eigenvalue weighted by atomic mass is 16.1. The van der Waals surface area contributed by atoms with Gasteiger partial charge in [0.1, 0.15) is 11.4 Å². The largest absolute Gasteiger partial charge is 0.379 e. The second-order valence-corrected chi connectivity index (χ2v) is 8.57. The molecule has 0 aliphatic carbocycles. The van der Waals surface area contributed by atoms with Gasteiger partial charge in [0.25, 0.3) is 5.56 Å². The van der Waals surface area contributed by atoms with Gasteiger partial charge >= 0.3 is 0 Å². The molecule has 0 amide bonds. The number of para-hydroxylation sites is 2. The molecule has 4 aromatic rings. The highest BCUT2D eigenvalue weighted by Gasteiger charge is 2.35. The number of fused-ring (bicyclic) bond motifs is 5. The van der Waals surface area contributed by atoms with E-state index in [9.17, 15) is 10.1 Å². The summed E-state index contributed by atoms with van der Waals surface area (Å²) in [5, 5.41) is 14.0. The van der Waals surface area contributed by atoms with Crippen LogP contribution in [0, 0.1) is 17.2 Å². The molecule has 0 saturated carbocycles. The number of rotatable bonds is 3. The molecule has 0 spiro atoms. The Bertz CT molecular complexity index is 1370. The molecule has 2 aromatic carbocycles. The molecule has 3 aliphatic rings. The molecule has 154 valence electrons. The highest BCUT2D eigenvalue weighted by molar-refractivity contribution is 5.99. The van der Waals surface area contributed by atoms with Crippen LogP contribution in [0.3, 0.4) is 0 Å². The first-order valence-electron chi connectivity index (χ1n) is 10.7. The minimum atomic E-state index is -0.194. The fraction of sp³-hybridized carbons (Fsp3) is 0.292. The Balaban J connectivity index is 1.58. The number of hydrogen-bond acceptors (Lipinski definition) is 5. The van der Waals surface area contributed by atoms with Crippen LogP contribution in [0.5, 0.6) is 0 Å². The van der Waals surface area contributed by atoms with E-state index in [1.165, 1.54) is 12.8 Å². The summed E-state index contributed by atoms with van der Waals surface area (Å²) in [7, 11) is 0.